The molecule has 0 aliphatic carbocycles. The van der Waals surface area contributed by atoms with Gasteiger partial charge < -0.3 is 15.0 Å². The third kappa shape index (κ3) is 4.41. The fraction of sp³-hybridized carbons (Fsp3) is 0.190. The first-order valence-corrected chi connectivity index (χ1v) is 8.92. The molecule has 0 aliphatic rings. The zero-order chi connectivity index (χ0) is 19.1. The Hall–Kier alpha value is -3.41. The van der Waals surface area contributed by atoms with E-state index in [9.17, 15) is 4.79 Å². The maximum Gasteiger partial charge on any atom is 0.278 e. The standard InChI is InChI=1S/C21H22N4O2/c1-3-25(16-10-6-5-7-11-16)21(26)18-14-15-20(24-23-18)22-17-12-8-9-13-19(17)27-4-2/h5-15H,3-4H2,1-2H3,(H,22,24). The number of amides is 1. The molecule has 0 aliphatic heterocycles. The van der Waals surface area contributed by atoms with Gasteiger partial charge in [0.05, 0.1) is 12.3 Å². The van der Waals surface area contributed by atoms with E-state index < -0.39 is 0 Å². The second kappa shape index (κ2) is 8.80. The number of hydrogen-bond acceptors (Lipinski definition) is 5. The van der Waals surface area contributed by atoms with E-state index in [2.05, 4.69) is 15.5 Å². The van der Waals surface area contributed by atoms with E-state index in [0.29, 0.717) is 24.7 Å². The molecule has 0 fully saturated rings. The van der Waals surface area contributed by atoms with Crippen LogP contribution in [0.15, 0.2) is 66.7 Å². The molecule has 6 nitrogen and oxygen atoms in total. The van der Waals surface area contributed by atoms with Gasteiger partial charge in [-0.1, -0.05) is 30.3 Å². The fourth-order valence-electron chi connectivity index (χ4n) is 2.69. The Kier molecular flexibility index (Phi) is 5.99. The summed E-state index contributed by atoms with van der Waals surface area (Å²) in [5.41, 5.74) is 1.93. The molecule has 1 amide bonds. The van der Waals surface area contributed by atoms with Crippen LogP contribution in [-0.4, -0.2) is 29.3 Å². The zero-order valence-electron chi connectivity index (χ0n) is 15.4. The lowest BCUT2D eigenvalue weighted by Crippen LogP contribution is -2.31. The highest BCUT2D eigenvalue weighted by Crippen LogP contribution is 2.26. The van der Waals surface area contributed by atoms with Crippen molar-refractivity contribution in [3.05, 3.63) is 72.4 Å². The number of ether oxygens (including phenoxy) is 1. The first kappa shape index (κ1) is 18.4. The summed E-state index contributed by atoms with van der Waals surface area (Å²) in [5, 5.41) is 11.4. The summed E-state index contributed by atoms with van der Waals surface area (Å²) in [6.45, 7) is 4.98. The van der Waals surface area contributed by atoms with Crippen molar-refractivity contribution in [3.8, 4) is 5.75 Å². The number of benzene rings is 2. The summed E-state index contributed by atoms with van der Waals surface area (Å²) >= 11 is 0. The summed E-state index contributed by atoms with van der Waals surface area (Å²) in [6, 6.07) is 20.5. The molecule has 1 heterocycles. The van der Waals surface area contributed by atoms with Gasteiger partial charge in [-0.2, -0.15) is 0 Å². The highest BCUT2D eigenvalue weighted by molar-refractivity contribution is 6.04. The summed E-state index contributed by atoms with van der Waals surface area (Å²) in [4.78, 5) is 14.4. The molecule has 0 radical (unpaired) electrons. The molecule has 3 aromatic rings. The van der Waals surface area contributed by atoms with E-state index in [1.54, 1.807) is 17.0 Å². The van der Waals surface area contributed by atoms with Gasteiger partial charge >= 0.3 is 0 Å². The second-order valence-electron chi connectivity index (χ2n) is 5.74. The first-order valence-electron chi connectivity index (χ1n) is 8.92. The van der Waals surface area contributed by atoms with E-state index in [1.807, 2.05) is 68.4 Å². The molecular formula is C21H22N4O2. The van der Waals surface area contributed by atoms with Crippen molar-refractivity contribution in [1.82, 2.24) is 10.2 Å². The van der Waals surface area contributed by atoms with Crippen LogP contribution in [0.2, 0.25) is 0 Å². The van der Waals surface area contributed by atoms with Gasteiger partial charge in [0.2, 0.25) is 0 Å². The lowest BCUT2D eigenvalue weighted by molar-refractivity contribution is 0.0982. The lowest BCUT2D eigenvalue weighted by Gasteiger charge is -2.20. The van der Waals surface area contributed by atoms with E-state index >= 15 is 0 Å². The van der Waals surface area contributed by atoms with Crippen molar-refractivity contribution in [2.24, 2.45) is 0 Å². The van der Waals surface area contributed by atoms with Crippen molar-refractivity contribution < 1.29 is 9.53 Å². The van der Waals surface area contributed by atoms with Crippen molar-refractivity contribution in [3.63, 3.8) is 0 Å². The normalized spacial score (nSPS) is 10.3. The Morgan fingerprint density at radius 1 is 0.963 bits per heavy atom. The number of para-hydroxylation sites is 3. The van der Waals surface area contributed by atoms with Crippen LogP contribution in [0.1, 0.15) is 24.3 Å². The van der Waals surface area contributed by atoms with Crippen LogP contribution >= 0.6 is 0 Å². The SMILES string of the molecule is CCOc1ccccc1Nc1ccc(C(=O)N(CC)c2ccccc2)nn1. The summed E-state index contributed by atoms with van der Waals surface area (Å²) in [7, 11) is 0. The molecule has 27 heavy (non-hydrogen) atoms. The summed E-state index contributed by atoms with van der Waals surface area (Å²) in [5.74, 6) is 1.10. The van der Waals surface area contributed by atoms with Gasteiger partial charge in [0.15, 0.2) is 11.5 Å². The number of hydrogen-bond donors (Lipinski definition) is 1. The Bertz CT molecular complexity index is 882. The highest BCUT2D eigenvalue weighted by atomic mass is 16.5. The first-order chi connectivity index (χ1) is 13.2. The molecule has 1 aromatic heterocycles. The summed E-state index contributed by atoms with van der Waals surface area (Å²) < 4.78 is 5.59. The van der Waals surface area contributed by atoms with Gasteiger partial charge in [-0.3, -0.25) is 4.79 Å². The molecule has 138 valence electrons. The molecule has 6 heteroatoms. The van der Waals surface area contributed by atoms with Crippen LogP contribution < -0.4 is 15.0 Å². The Morgan fingerprint density at radius 2 is 1.70 bits per heavy atom. The molecule has 0 unspecified atom stereocenters. The van der Waals surface area contributed by atoms with Gasteiger partial charge in [0.1, 0.15) is 5.75 Å². The summed E-state index contributed by atoms with van der Waals surface area (Å²) in [6.07, 6.45) is 0. The van der Waals surface area contributed by atoms with Crippen LogP contribution in [0.25, 0.3) is 0 Å². The molecule has 3 rings (SSSR count). The Morgan fingerprint density at radius 3 is 2.37 bits per heavy atom. The highest BCUT2D eigenvalue weighted by Gasteiger charge is 2.17. The number of carbonyl (C=O) groups excluding carboxylic acids is 1. The van der Waals surface area contributed by atoms with Crippen LogP contribution in [0.4, 0.5) is 17.2 Å². The smallest absolute Gasteiger partial charge is 0.278 e. The largest absolute Gasteiger partial charge is 0.492 e. The average Bonchev–Trinajstić information content (AvgIpc) is 2.71. The molecule has 0 bridgehead atoms. The second-order valence-corrected chi connectivity index (χ2v) is 5.74. The third-order valence-corrected chi connectivity index (χ3v) is 3.96. The van der Waals surface area contributed by atoms with Crippen LogP contribution in [0.5, 0.6) is 5.75 Å². The topological polar surface area (TPSA) is 67.3 Å². The third-order valence-electron chi connectivity index (χ3n) is 3.96. The molecule has 2 aromatic carbocycles. The van der Waals surface area contributed by atoms with Gasteiger partial charge in [0, 0.05) is 12.2 Å². The number of aromatic nitrogens is 2. The monoisotopic (exact) mass is 362 g/mol. The van der Waals surface area contributed by atoms with Crippen LogP contribution in [0.3, 0.4) is 0 Å². The minimum atomic E-state index is -0.183. The Labute approximate surface area is 158 Å². The quantitative estimate of drug-likeness (QED) is 0.679. The molecule has 1 N–H and O–H groups in total. The maximum atomic E-state index is 12.8. The average molecular weight is 362 g/mol. The van der Waals surface area contributed by atoms with E-state index in [0.717, 1.165) is 17.1 Å². The van der Waals surface area contributed by atoms with Gasteiger partial charge in [-0.05, 0) is 50.2 Å². The maximum absolute atomic E-state index is 12.8. The minimum Gasteiger partial charge on any atom is -0.492 e. The predicted octanol–water partition coefficient (Wildman–Crippen LogP) is 4.29. The number of anilines is 3. The van der Waals surface area contributed by atoms with E-state index in [1.165, 1.54) is 0 Å². The van der Waals surface area contributed by atoms with E-state index in [-0.39, 0.29) is 5.91 Å². The van der Waals surface area contributed by atoms with Crippen molar-refractivity contribution >= 4 is 23.1 Å². The molecular weight excluding hydrogens is 340 g/mol. The molecule has 0 atom stereocenters. The number of rotatable bonds is 7. The van der Waals surface area contributed by atoms with Crippen LogP contribution in [0, 0.1) is 0 Å². The van der Waals surface area contributed by atoms with Crippen molar-refractivity contribution in [1.29, 1.82) is 0 Å². The number of nitrogens with zero attached hydrogens (tertiary/aromatic N) is 3. The number of nitrogens with one attached hydrogen (secondary N) is 1. The Balaban J connectivity index is 1.76. The fourth-order valence-corrected chi connectivity index (χ4v) is 2.69. The molecule has 0 saturated heterocycles. The van der Waals surface area contributed by atoms with Crippen LogP contribution in [-0.2, 0) is 0 Å². The van der Waals surface area contributed by atoms with Crippen molar-refractivity contribution in [2.45, 2.75) is 13.8 Å². The van der Waals surface area contributed by atoms with E-state index in [4.69, 9.17) is 4.74 Å². The molecule has 0 spiro atoms. The van der Waals surface area contributed by atoms with Gasteiger partial charge in [0.25, 0.3) is 5.91 Å². The molecule has 0 saturated carbocycles. The predicted molar refractivity (Wildman–Crippen MR) is 107 cm³/mol. The van der Waals surface area contributed by atoms with Crippen molar-refractivity contribution in [2.75, 3.05) is 23.4 Å². The van der Waals surface area contributed by atoms with Gasteiger partial charge in [-0.15, -0.1) is 10.2 Å². The number of carbonyl (C=O) groups is 1. The van der Waals surface area contributed by atoms with Gasteiger partial charge in [-0.25, -0.2) is 0 Å². The zero-order valence-corrected chi connectivity index (χ0v) is 15.4. The minimum absolute atomic E-state index is 0.183. The lowest BCUT2D eigenvalue weighted by atomic mass is 10.2.